The lowest BCUT2D eigenvalue weighted by Crippen LogP contribution is -2.30. The summed E-state index contributed by atoms with van der Waals surface area (Å²) < 4.78 is 0. The van der Waals surface area contributed by atoms with Crippen molar-refractivity contribution in [1.29, 1.82) is 0 Å². The first kappa shape index (κ1) is 16.6. The van der Waals surface area contributed by atoms with E-state index in [9.17, 15) is 4.79 Å². The summed E-state index contributed by atoms with van der Waals surface area (Å²) in [5.41, 5.74) is 3.58. The molecular weight excluding hydrogens is 314 g/mol. The largest absolute Gasteiger partial charge is 0.323 e. The van der Waals surface area contributed by atoms with Crippen LogP contribution in [0.15, 0.2) is 61.1 Å². The van der Waals surface area contributed by atoms with Gasteiger partial charge in [0.05, 0.1) is 0 Å². The van der Waals surface area contributed by atoms with Gasteiger partial charge in [-0.05, 0) is 55.0 Å². The highest BCUT2D eigenvalue weighted by Gasteiger charge is 2.10. The number of rotatable bonds is 4. The van der Waals surface area contributed by atoms with Crippen LogP contribution in [0.25, 0.3) is 11.4 Å². The number of urea groups is 1. The third kappa shape index (κ3) is 4.38. The monoisotopic (exact) mass is 333 g/mol. The molecule has 0 saturated carbocycles. The van der Waals surface area contributed by atoms with Gasteiger partial charge in [0.2, 0.25) is 0 Å². The van der Waals surface area contributed by atoms with Crippen molar-refractivity contribution in [2.45, 2.75) is 13.5 Å². The summed E-state index contributed by atoms with van der Waals surface area (Å²) in [6.07, 6.45) is 5.17. The summed E-state index contributed by atoms with van der Waals surface area (Å²) in [5, 5.41) is 2.88. The maximum atomic E-state index is 12.3. The Morgan fingerprint density at radius 1 is 1.04 bits per heavy atom. The molecule has 25 heavy (non-hydrogen) atoms. The molecule has 0 bridgehead atoms. The highest BCUT2D eigenvalue weighted by Crippen LogP contribution is 2.18. The third-order valence-corrected chi connectivity index (χ3v) is 3.70. The van der Waals surface area contributed by atoms with Crippen molar-refractivity contribution in [3.8, 4) is 11.4 Å². The average Bonchev–Trinajstić information content (AvgIpc) is 2.63. The van der Waals surface area contributed by atoms with E-state index in [1.807, 2.05) is 49.4 Å². The second-order valence-corrected chi connectivity index (χ2v) is 5.74. The van der Waals surface area contributed by atoms with Crippen molar-refractivity contribution in [2.75, 3.05) is 12.4 Å². The molecule has 1 N–H and O–H groups in total. The topological polar surface area (TPSA) is 71.0 Å². The number of hydrogen-bond donors (Lipinski definition) is 1. The lowest BCUT2D eigenvalue weighted by molar-refractivity contribution is 0.220. The van der Waals surface area contributed by atoms with Crippen LogP contribution in [-0.2, 0) is 6.54 Å². The second-order valence-electron chi connectivity index (χ2n) is 5.74. The van der Waals surface area contributed by atoms with Gasteiger partial charge in [-0.2, -0.15) is 0 Å². The van der Waals surface area contributed by atoms with Gasteiger partial charge in [0.1, 0.15) is 0 Å². The van der Waals surface area contributed by atoms with Gasteiger partial charge in [-0.1, -0.05) is 0 Å². The number of aromatic nitrogens is 3. The zero-order valence-corrected chi connectivity index (χ0v) is 14.2. The fourth-order valence-corrected chi connectivity index (χ4v) is 2.34. The minimum Gasteiger partial charge on any atom is -0.323 e. The van der Waals surface area contributed by atoms with Gasteiger partial charge in [-0.3, -0.25) is 4.98 Å². The molecule has 3 aromatic rings. The molecule has 0 fully saturated rings. The highest BCUT2D eigenvalue weighted by molar-refractivity contribution is 5.89. The summed E-state index contributed by atoms with van der Waals surface area (Å²) in [7, 11) is 1.75. The van der Waals surface area contributed by atoms with Crippen LogP contribution in [0.3, 0.4) is 0 Å². The van der Waals surface area contributed by atoms with Crippen LogP contribution >= 0.6 is 0 Å². The first-order valence-electron chi connectivity index (χ1n) is 7.93. The Hall–Kier alpha value is -3.28. The number of nitrogens with zero attached hydrogens (tertiary/aromatic N) is 4. The molecule has 0 aliphatic rings. The molecule has 0 radical (unpaired) electrons. The fraction of sp³-hybridized carbons (Fsp3) is 0.158. The van der Waals surface area contributed by atoms with Crippen molar-refractivity contribution >= 4 is 11.7 Å². The van der Waals surface area contributed by atoms with E-state index < -0.39 is 0 Å². The molecule has 2 aromatic heterocycles. The summed E-state index contributed by atoms with van der Waals surface area (Å²) in [6.45, 7) is 2.45. The minimum absolute atomic E-state index is 0.170. The standard InChI is InChI=1S/C19H19N5O/c1-14-7-12-21-18(22-14)16-3-5-17(6-4-16)23-19(25)24(2)13-15-8-10-20-11-9-15/h3-12H,13H2,1-2H3,(H,23,25). The summed E-state index contributed by atoms with van der Waals surface area (Å²) >= 11 is 0. The Bertz CT molecular complexity index is 849. The first-order chi connectivity index (χ1) is 12.1. The number of aryl methyl sites for hydroxylation is 1. The van der Waals surface area contributed by atoms with E-state index in [1.54, 1.807) is 30.5 Å². The van der Waals surface area contributed by atoms with Crippen LogP contribution in [0.1, 0.15) is 11.3 Å². The minimum atomic E-state index is -0.170. The summed E-state index contributed by atoms with van der Waals surface area (Å²) in [6, 6.07) is 13.0. The van der Waals surface area contributed by atoms with Gasteiger partial charge < -0.3 is 10.2 Å². The quantitative estimate of drug-likeness (QED) is 0.793. The molecule has 0 spiro atoms. The number of hydrogen-bond acceptors (Lipinski definition) is 4. The van der Waals surface area contributed by atoms with Crippen LogP contribution in [0.4, 0.5) is 10.5 Å². The number of anilines is 1. The fourth-order valence-electron chi connectivity index (χ4n) is 2.34. The molecule has 0 unspecified atom stereocenters. The lowest BCUT2D eigenvalue weighted by Gasteiger charge is -2.18. The number of carbonyl (C=O) groups is 1. The van der Waals surface area contributed by atoms with Gasteiger partial charge in [0, 0.05) is 49.1 Å². The van der Waals surface area contributed by atoms with Crippen molar-refractivity contribution in [3.63, 3.8) is 0 Å². The van der Waals surface area contributed by atoms with Crippen LogP contribution < -0.4 is 5.32 Å². The third-order valence-electron chi connectivity index (χ3n) is 3.70. The van der Waals surface area contributed by atoms with Crippen molar-refractivity contribution in [2.24, 2.45) is 0 Å². The molecule has 3 rings (SSSR count). The van der Waals surface area contributed by atoms with Crippen molar-refractivity contribution in [3.05, 3.63) is 72.3 Å². The van der Waals surface area contributed by atoms with E-state index in [1.165, 1.54) is 0 Å². The van der Waals surface area contributed by atoms with Crippen LogP contribution in [0, 0.1) is 6.92 Å². The number of carbonyl (C=O) groups excluding carboxylic acids is 1. The Kier molecular flexibility index (Phi) is 4.99. The molecule has 2 amide bonds. The van der Waals surface area contributed by atoms with E-state index in [0.717, 1.165) is 22.5 Å². The van der Waals surface area contributed by atoms with Crippen LogP contribution in [0.5, 0.6) is 0 Å². The van der Waals surface area contributed by atoms with Gasteiger partial charge in [0.25, 0.3) is 0 Å². The van der Waals surface area contributed by atoms with E-state index in [-0.39, 0.29) is 6.03 Å². The van der Waals surface area contributed by atoms with Gasteiger partial charge >= 0.3 is 6.03 Å². The van der Waals surface area contributed by atoms with E-state index in [0.29, 0.717) is 12.4 Å². The smallest absolute Gasteiger partial charge is 0.321 e. The number of amides is 2. The average molecular weight is 333 g/mol. The predicted octanol–water partition coefficient (Wildman–Crippen LogP) is 3.51. The van der Waals surface area contributed by atoms with Gasteiger partial charge in [-0.25, -0.2) is 14.8 Å². The first-order valence-corrected chi connectivity index (χ1v) is 7.93. The lowest BCUT2D eigenvalue weighted by atomic mass is 10.2. The van der Waals surface area contributed by atoms with E-state index in [4.69, 9.17) is 0 Å². The maximum absolute atomic E-state index is 12.3. The van der Waals surface area contributed by atoms with Crippen molar-refractivity contribution in [1.82, 2.24) is 19.9 Å². The van der Waals surface area contributed by atoms with Gasteiger partial charge in [-0.15, -0.1) is 0 Å². The van der Waals surface area contributed by atoms with Gasteiger partial charge in [0.15, 0.2) is 5.82 Å². The Balaban J connectivity index is 1.63. The van der Waals surface area contributed by atoms with E-state index >= 15 is 0 Å². The zero-order chi connectivity index (χ0) is 17.6. The molecule has 6 heteroatoms. The highest BCUT2D eigenvalue weighted by atomic mass is 16.2. The maximum Gasteiger partial charge on any atom is 0.321 e. The van der Waals surface area contributed by atoms with Crippen molar-refractivity contribution < 1.29 is 4.79 Å². The SMILES string of the molecule is Cc1ccnc(-c2ccc(NC(=O)N(C)Cc3ccncc3)cc2)n1. The summed E-state index contributed by atoms with van der Waals surface area (Å²) in [4.78, 5) is 26.5. The predicted molar refractivity (Wildman–Crippen MR) is 96.9 cm³/mol. The molecule has 1 aromatic carbocycles. The molecular formula is C19H19N5O. The molecule has 0 aliphatic carbocycles. The Labute approximate surface area is 146 Å². The Morgan fingerprint density at radius 2 is 1.76 bits per heavy atom. The molecule has 0 atom stereocenters. The molecule has 2 heterocycles. The molecule has 0 saturated heterocycles. The number of pyridine rings is 1. The van der Waals surface area contributed by atoms with E-state index in [2.05, 4.69) is 20.3 Å². The number of benzene rings is 1. The van der Waals surface area contributed by atoms with Crippen LogP contribution in [-0.4, -0.2) is 32.9 Å². The molecule has 126 valence electrons. The molecule has 6 nitrogen and oxygen atoms in total. The number of nitrogens with one attached hydrogen (secondary N) is 1. The zero-order valence-electron chi connectivity index (χ0n) is 14.2. The van der Waals surface area contributed by atoms with Crippen LogP contribution in [0.2, 0.25) is 0 Å². The Morgan fingerprint density at radius 3 is 2.44 bits per heavy atom. The summed E-state index contributed by atoms with van der Waals surface area (Å²) in [5.74, 6) is 0.674. The normalized spacial score (nSPS) is 10.3. The second kappa shape index (κ2) is 7.53. The molecule has 0 aliphatic heterocycles.